The maximum atomic E-state index is 11.8. The minimum atomic E-state index is -3.56. The molecule has 0 aliphatic carbocycles. The topological polar surface area (TPSA) is 83.9 Å². The molecule has 0 atom stereocenters. The van der Waals surface area contributed by atoms with Crippen molar-refractivity contribution in [2.45, 2.75) is 13.0 Å². The number of rotatable bonds is 7. The maximum Gasteiger partial charge on any atom is 0.304 e. The molecule has 0 radical (unpaired) electrons. The lowest BCUT2D eigenvalue weighted by Gasteiger charge is -2.17. The Morgan fingerprint density at radius 3 is 2.68 bits per heavy atom. The third-order valence-electron chi connectivity index (χ3n) is 2.59. The largest absolute Gasteiger partial charge is 0.497 e. The third-order valence-corrected chi connectivity index (χ3v) is 4.39. The van der Waals surface area contributed by atoms with Gasteiger partial charge in [0.2, 0.25) is 10.0 Å². The molecule has 0 saturated carbocycles. The van der Waals surface area contributed by atoms with Crippen LogP contribution in [0.4, 0.5) is 0 Å². The van der Waals surface area contributed by atoms with Gasteiger partial charge in [-0.15, -0.1) is 0 Å². The predicted molar refractivity (Wildman–Crippen MR) is 70.5 cm³/mol. The number of sulfonamides is 1. The van der Waals surface area contributed by atoms with Gasteiger partial charge >= 0.3 is 5.97 Å². The highest BCUT2D eigenvalue weighted by molar-refractivity contribution is 7.89. The lowest BCUT2D eigenvalue weighted by atomic mass is 10.2. The highest BCUT2D eigenvalue weighted by Gasteiger charge is 2.19. The van der Waals surface area contributed by atoms with Gasteiger partial charge in [-0.25, -0.2) is 12.7 Å². The van der Waals surface area contributed by atoms with Crippen molar-refractivity contribution in [1.82, 2.24) is 4.31 Å². The standard InChI is InChI=1S/C12H17NO5S/c1-13(19(16,17)7-6-12(14)15)9-10-4-3-5-11(8-10)18-2/h3-5,8H,6-7,9H2,1-2H3,(H,14,15). The summed E-state index contributed by atoms with van der Waals surface area (Å²) in [4.78, 5) is 10.4. The van der Waals surface area contributed by atoms with Crippen molar-refractivity contribution >= 4 is 16.0 Å². The maximum absolute atomic E-state index is 11.8. The molecule has 0 fully saturated rings. The second-order valence-corrected chi connectivity index (χ2v) is 6.26. The molecule has 0 saturated heterocycles. The smallest absolute Gasteiger partial charge is 0.304 e. The van der Waals surface area contributed by atoms with Crippen LogP contribution in [0.5, 0.6) is 5.75 Å². The monoisotopic (exact) mass is 287 g/mol. The van der Waals surface area contributed by atoms with Crippen molar-refractivity contribution in [1.29, 1.82) is 0 Å². The Balaban J connectivity index is 2.72. The van der Waals surface area contributed by atoms with E-state index in [1.54, 1.807) is 24.3 Å². The Labute approximate surface area is 112 Å². The van der Waals surface area contributed by atoms with Crippen molar-refractivity contribution in [2.24, 2.45) is 0 Å². The first-order chi connectivity index (χ1) is 8.85. The van der Waals surface area contributed by atoms with Gasteiger partial charge in [-0.1, -0.05) is 12.1 Å². The molecule has 1 rings (SSSR count). The Hall–Kier alpha value is -1.60. The van der Waals surface area contributed by atoms with Crippen molar-refractivity contribution in [3.05, 3.63) is 29.8 Å². The zero-order valence-corrected chi connectivity index (χ0v) is 11.7. The van der Waals surface area contributed by atoms with Crippen LogP contribution in [0.15, 0.2) is 24.3 Å². The zero-order valence-electron chi connectivity index (χ0n) is 10.9. The van der Waals surface area contributed by atoms with E-state index in [-0.39, 0.29) is 6.54 Å². The summed E-state index contributed by atoms with van der Waals surface area (Å²) >= 11 is 0. The molecule has 19 heavy (non-hydrogen) atoms. The third kappa shape index (κ3) is 4.88. The Bertz CT molecular complexity index is 541. The minimum Gasteiger partial charge on any atom is -0.497 e. The molecule has 1 N–H and O–H groups in total. The molecule has 6 nitrogen and oxygen atoms in total. The SMILES string of the molecule is COc1cccc(CN(C)S(=O)(=O)CCC(=O)O)c1. The number of methoxy groups -OCH3 is 1. The quantitative estimate of drug-likeness (QED) is 0.806. The summed E-state index contributed by atoms with van der Waals surface area (Å²) in [6.45, 7) is 0.180. The average molecular weight is 287 g/mol. The van der Waals surface area contributed by atoms with E-state index in [0.717, 1.165) is 9.87 Å². The van der Waals surface area contributed by atoms with E-state index in [9.17, 15) is 13.2 Å². The van der Waals surface area contributed by atoms with Gasteiger partial charge in [-0.2, -0.15) is 0 Å². The lowest BCUT2D eigenvalue weighted by molar-refractivity contribution is -0.136. The molecule has 0 aromatic heterocycles. The Morgan fingerprint density at radius 1 is 1.42 bits per heavy atom. The summed E-state index contributed by atoms with van der Waals surface area (Å²) < 4.78 is 29.8. The number of benzene rings is 1. The number of hydrogen-bond donors (Lipinski definition) is 1. The van der Waals surface area contributed by atoms with Crippen LogP contribution in [-0.2, 0) is 21.4 Å². The van der Waals surface area contributed by atoms with Gasteiger partial charge in [0.1, 0.15) is 5.75 Å². The van der Waals surface area contributed by atoms with E-state index in [0.29, 0.717) is 5.75 Å². The normalized spacial score (nSPS) is 11.5. The van der Waals surface area contributed by atoms with E-state index in [1.807, 2.05) is 0 Å². The molecule has 0 spiro atoms. The molecule has 0 amide bonds. The zero-order chi connectivity index (χ0) is 14.5. The molecular formula is C12H17NO5S. The van der Waals surface area contributed by atoms with Crippen LogP contribution in [0.3, 0.4) is 0 Å². The molecule has 0 aliphatic rings. The number of carboxylic acid groups (broad SMARTS) is 1. The van der Waals surface area contributed by atoms with Crippen LogP contribution >= 0.6 is 0 Å². The number of carbonyl (C=O) groups is 1. The summed E-state index contributed by atoms with van der Waals surface area (Å²) in [7, 11) is -0.600. The van der Waals surface area contributed by atoms with Gasteiger partial charge in [0, 0.05) is 13.6 Å². The van der Waals surface area contributed by atoms with Gasteiger partial charge in [0.05, 0.1) is 19.3 Å². The van der Waals surface area contributed by atoms with Crippen LogP contribution in [0.2, 0.25) is 0 Å². The molecule has 0 unspecified atom stereocenters. The molecular weight excluding hydrogens is 270 g/mol. The number of hydrogen-bond acceptors (Lipinski definition) is 4. The van der Waals surface area contributed by atoms with E-state index >= 15 is 0 Å². The minimum absolute atomic E-state index is 0.180. The first-order valence-corrected chi connectivity index (χ1v) is 7.25. The number of carboxylic acids is 1. The fraction of sp³-hybridized carbons (Fsp3) is 0.417. The summed E-state index contributed by atoms with van der Waals surface area (Å²) in [5, 5.41) is 8.52. The Kier molecular flexibility index (Phi) is 5.31. The van der Waals surface area contributed by atoms with Crippen LogP contribution in [0.25, 0.3) is 0 Å². The van der Waals surface area contributed by atoms with Gasteiger partial charge < -0.3 is 9.84 Å². The molecule has 1 aromatic carbocycles. The predicted octanol–water partition coefficient (Wildman–Crippen LogP) is 0.931. The summed E-state index contributed by atoms with van der Waals surface area (Å²) in [5.41, 5.74) is 0.778. The molecule has 106 valence electrons. The summed E-state index contributed by atoms with van der Waals surface area (Å²) in [6.07, 6.45) is -0.398. The van der Waals surface area contributed by atoms with E-state index in [4.69, 9.17) is 9.84 Å². The summed E-state index contributed by atoms with van der Waals surface area (Å²) in [6, 6.07) is 7.06. The Morgan fingerprint density at radius 2 is 2.11 bits per heavy atom. The van der Waals surface area contributed by atoms with Gasteiger partial charge in [0.15, 0.2) is 0 Å². The average Bonchev–Trinajstić information content (AvgIpc) is 2.36. The summed E-state index contributed by atoms with van der Waals surface area (Å²) in [5.74, 6) is -0.879. The van der Waals surface area contributed by atoms with E-state index < -0.39 is 28.2 Å². The van der Waals surface area contributed by atoms with Crippen LogP contribution < -0.4 is 4.74 Å². The van der Waals surface area contributed by atoms with Gasteiger partial charge in [0.25, 0.3) is 0 Å². The molecule has 0 heterocycles. The highest BCUT2D eigenvalue weighted by atomic mass is 32.2. The molecule has 0 aliphatic heterocycles. The van der Waals surface area contributed by atoms with E-state index in [1.165, 1.54) is 14.2 Å². The van der Waals surface area contributed by atoms with Crippen molar-refractivity contribution < 1.29 is 23.1 Å². The molecule has 1 aromatic rings. The van der Waals surface area contributed by atoms with Crippen LogP contribution in [0.1, 0.15) is 12.0 Å². The second kappa shape index (κ2) is 6.53. The number of ether oxygens (including phenoxy) is 1. The van der Waals surface area contributed by atoms with E-state index in [2.05, 4.69) is 0 Å². The number of nitrogens with zero attached hydrogens (tertiary/aromatic N) is 1. The number of aliphatic carboxylic acids is 1. The molecule has 7 heteroatoms. The second-order valence-electron chi connectivity index (χ2n) is 4.07. The fourth-order valence-electron chi connectivity index (χ4n) is 1.50. The van der Waals surface area contributed by atoms with Crippen molar-refractivity contribution in [2.75, 3.05) is 19.9 Å². The van der Waals surface area contributed by atoms with Crippen molar-refractivity contribution in [3.8, 4) is 5.75 Å². The first kappa shape index (κ1) is 15.5. The highest BCUT2D eigenvalue weighted by Crippen LogP contribution is 2.15. The van der Waals surface area contributed by atoms with Crippen LogP contribution in [-0.4, -0.2) is 43.7 Å². The van der Waals surface area contributed by atoms with Crippen molar-refractivity contribution in [3.63, 3.8) is 0 Å². The van der Waals surface area contributed by atoms with Gasteiger partial charge in [-0.3, -0.25) is 4.79 Å². The van der Waals surface area contributed by atoms with Gasteiger partial charge in [-0.05, 0) is 17.7 Å². The fourth-order valence-corrected chi connectivity index (χ4v) is 2.59. The molecule has 0 bridgehead atoms. The first-order valence-electron chi connectivity index (χ1n) is 5.64. The van der Waals surface area contributed by atoms with Crippen LogP contribution in [0, 0.1) is 0 Å². The lowest BCUT2D eigenvalue weighted by Crippen LogP contribution is -2.29.